The Morgan fingerprint density at radius 1 is 0.525 bits per heavy atom. The van der Waals surface area contributed by atoms with Crippen LogP contribution in [0.15, 0.2) is 0 Å². The van der Waals surface area contributed by atoms with Crippen molar-refractivity contribution in [2.75, 3.05) is 6.54 Å². The lowest BCUT2D eigenvalue weighted by atomic mass is 10.1. The van der Waals surface area contributed by atoms with E-state index >= 15 is 0 Å². The standard InChI is InChI=1S/C24H45N9O7/c1-11(26)19(35)28-12(2)20(36)29-13(3)21(37)30-14(4)22(38)31-15(5)23(39)32-16(6)24(40)33-17(18(27)34)9-7-8-10-25/h11-17H,7-10,25-26H2,1-6H3,(H2,27,34)(H,28,35)(H,29,36)(H,30,37)(H,31,38)(H,32,39)(H,33,40)/t11-,12-,13-,14-,15-,16-,17-/m0/s1. The lowest BCUT2D eigenvalue weighted by Gasteiger charge is -2.23. The van der Waals surface area contributed by atoms with E-state index in [1.807, 2.05) is 0 Å². The Balaban J connectivity index is 4.77. The number of hydrogen-bond donors (Lipinski definition) is 9. The molecular weight excluding hydrogens is 526 g/mol. The SMILES string of the molecule is C[C@H](N)C(=O)N[C@@H](C)C(=O)N[C@@H](C)C(=O)N[C@@H](C)C(=O)N[C@@H](C)C(=O)N[C@@H](C)C(=O)N[C@@H](CCCCN)C(N)=O. The number of carbonyl (C=O) groups excluding carboxylic acids is 7. The van der Waals surface area contributed by atoms with Gasteiger partial charge in [-0.05, 0) is 67.3 Å². The van der Waals surface area contributed by atoms with Crippen molar-refractivity contribution in [3.05, 3.63) is 0 Å². The highest BCUT2D eigenvalue weighted by molar-refractivity contribution is 5.96. The minimum Gasteiger partial charge on any atom is -0.368 e. The first kappa shape index (κ1) is 36.2. The molecule has 0 fully saturated rings. The molecule has 0 spiro atoms. The first-order valence-corrected chi connectivity index (χ1v) is 13.1. The fourth-order valence-electron chi connectivity index (χ4n) is 3.10. The molecule has 0 saturated heterocycles. The van der Waals surface area contributed by atoms with Gasteiger partial charge in [0.05, 0.1) is 6.04 Å². The molecule has 16 heteroatoms. The lowest BCUT2D eigenvalue weighted by molar-refractivity contribution is -0.134. The largest absolute Gasteiger partial charge is 0.368 e. The molecule has 0 aromatic rings. The molecule has 0 aromatic carbocycles. The van der Waals surface area contributed by atoms with Gasteiger partial charge in [-0.3, -0.25) is 33.6 Å². The van der Waals surface area contributed by atoms with Crippen LogP contribution in [-0.2, 0) is 33.6 Å². The van der Waals surface area contributed by atoms with E-state index in [0.717, 1.165) is 0 Å². The summed E-state index contributed by atoms with van der Waals surface area (Å²) in [5, 5.41) is 14.6. The maximum Gasteiger partial charge on any atom is 0.242 e. The first-order chi connectivity index (χ1) is 18.5. The van der Waals surface area contributed by atoms with Crippen LogP contribution in [-0.4, -0.2) is 90.2 Å². The molecule has 228 valence electrons. The summed E-state index contributed by atoms with van der Waals surface area (Å²) in [6.07, 6.45) is 1.54. The van der Waals surface area contributed by atoms with E-state index in [-0.39, 0.29) is 0 Å². The summed E-state index contributed by atoms with van der Waals surface area (Å²) in [5.74, 6) is -4.57. The fourth-order valence-corrected chi connectivity index (χ4v) is 3.10. The quantitative estimate of drug-likeness (QED) is 0.0768. The zero-order chi connectivity index (χ0) is 31.2. The zero-order valence-corrected chi connectivity index (χ0v) is 24.0. The highest BCUT2D eigenvalue weighted by atomic mass is 16.2. The van der Waals surface area contributed by atoms with E-state index in [1.54, 1.807) is 0 Å². The van der Waals surface area contributed by atoms with Gasteiger partial charge in [0.25, 0.3) is 0 Å². The van der Waals surface area contributed by atoms with E-state index < -0.39 is 83.6 Å². The predicted molar refractivity (Wildman–Crippen MR) is 146 cm³/mol. The van der Waals surface area contributed by atoms with Crippen molar-refractivity contribution in [1.82, 2.24) is 31.9 Å². The molecule has 40 heavy (non-hydrogen) atoms. The van der Waals surface area contributed by atoms with Gasteiger partial charge in [-0.15, -0.1) is 0 Å². The number of unbranched alkanes of at least 4 members (excludes halogenated alkanes) is 1. The van der Waals surface area contributed by atoms with E-state index in [4.69, 9.17) is 17.2 Å². The van der Waals surface area contributed by atoms with Crippen LogP contribution < -0.4 is 49.1 Å². The average molecular weight is 572 g/mol. The van der Waals surface area contributed by atoms with E-state index in [2.05, 4.69) is 31.9 Å². The number of rotatable bonds is 17. The summed E-state index contributed by atoms with van der Waals surface area (Å²) in [5.41, 5.74) is 16.2. The molecule has 0 aliphatic rings. The van der Waals surface area contributed by atoms with Crippen LogP contribution in [0.3, 0.4) is 0 Å². The van der Waals surface area contributed by atoms with E-state index in [1.165, 1.54) is 41.5 Å². The van der Waals surface area contributed by atoms with Crippen molar-refractivity contribution in [1.29, 1.82) is 0 Å². The third-order valence-corrected chi connectivity index (χ3v) is 5.78. The summed E-state index contributed by atoms with van der Waals surface area (Å²) in [6.45, 7) is 8.87. The number of nitrogens with two attached hydrogens (primary N) is 3. The normalized spacial score (nSPS) is 16.0. The first-order valence-electron chi connectivity index (χ1n) is 13.1. The van der Waals surface area contributed by atoms with Crippen LogP contribution in [0.4, 0.5) is 0 Å². The molecular formula is C24H45N9O7. The number of carbonyl (C=O) groups is 7. The van der Waals surface area contributed by atoms with Crippen molar-refractivity contribution >= 4 is 41.4 Å². The molecule has 0 rings (SSSR count). The molecule has 0 aliphatic heterocycles. The Labute approximate surface area is 234 Å². The summed E-state index contributed by atoms with van der Waals surface area (Å²) in [4.78, 5) is 85.3. The van der Waals surface area contributed by atoms with Crippen molar-refractivity contribution in [2.24, 2.45) is 17.2 Å². The Bertz CT molecular complexity index is 928. The molecule has 0 aromatic heterocycles. The van der Waals surface area contributed by atoms with Crippen LogP contribution in [0.5, 0.6) is 0 Å². The number of nitrogens with one attached hydrogen (secondary N) is 6. The highest BCUT2D eigenvalue weighted by Crippen LogP contribution is 2.01. The van der Waals surface area contributed by atoms with Gasteiger partial charge in [0.2, 0.25) is 41.4 Å². The number of primary amides is 1. The molecule has 16 nitrogen and oxygen atoms in total. The monoisotopic (exact) mass is 571 g/mol. The van der Waals surface area contributed by atoms with Crippen molar-refractivity contribution < 1.29 is 33.6 Å². The van der Waals surface area contributed by atoms with Gasteiger partial charge in [-0.25, -0.2) is 0 Å². The molecule has 0 unspecified atom stereocenters. The molecule has 0 aliphatic carbocycles. The van der Waals surface area contributed by atoms with Crippen molar-refractivity contribution in [3.8, 4) is 0 Å². The average Bonchev–Trinajstić information content (AvgIpc) is 2.87. The summed E-state index contributed by atoms with van der Waals surface area (Å²) in [6, 6.07) is -6.92. The minimum absolute atomic E-state index is 0.306. The van der Waals surface area contributed by atoms with Gasteiger partial charge in [-0.2, -0.15) is 0 Å². The second-order valence-corrected chi connectivity index (χ2v) is 9.69. The molecule has 0 radical (unpaired) electrons. The predicted octanol–water partition coefficient (Wildman–Crippen LogP) is -4.04. The number of hydrogen-bond acceptors (Lipinski definition) is 9. The topological polar surface area (TPSA) is 270 Å². The Hall–Kier alpha value is -3.79. The smallest absolute Gasteiger partial charge is 0.242 e. The summed E-state index contributed by atoms with van der Waals surface area (Å²) >= 11 is 0. The Morgan fingerprint density at radius 2 is 0.825 bits per heavy atom. The molecule has 0 bridgehead atoms. The highest BCUT2D eigenvalue weighted by Gasteiger charge is 2.27. The van der Waals surface area contributed by atoms with Gasteiger partial charge in [0, 0.05) is 0 Å². The van der Waals surface area contributed by atoms with E-state index in [0.29, 0.717) is 25.8 Å². The molecule has 0 saturated carbocycles. The van der Waals surface area contributed by atoms with Crippen molar-refractivity contribution in [3.63, 3.8) is 0 Å². The molecule has 7 amide bonds. The summed E-state index contributed by atoms with van der Waals surface area (Å²) in [7, 11) is 0. The van der Waals surface area contributed by atoms with Gasteiger partial charge in [0.1, 0.15) is 36.3 Å². The van der Waals surface area contributed by atoms with Crippen LogP contribution in [0.25, 0.3) is 0 Å². The summed E-state index contributed by atoms with van der Waals surface area (Å²) < 4.78 is 0. The van der Waals surface area contributed by atoms with Crippen LogP contribution in [0.1, 0.15) is 60.8 Å². The fraction of sp³-hybridized carbons (Fsp3) is 0.708. The zero-order valence-electron chi connectivity index (χ0n) is 24.0. The number of amides is 7. The van der Waals surface area contributed by atoms with E-state index in [9.17, 15) is 33.6 Å². The second-order valence-electron chi connectivity index (χ2n) is 9.69. The third kappa shape index (κ3) is 13.3. The Kier molecular flexibility index (Phi) is 16.0. The Morgan fingerprint density at radius 3 is 1.10 bits per heavy atom. The lowest BCUT2D eigenvalue weighted by Crippen LogP contribution is -2.57. The van der Waals surface area contributed by atoms with Crippen molar-refractivity contribution in [2.45, 2.75) is 103 Å². The minimum atomic E-state index is -1.08. The molecule has 7 atom stereocenters. The van der Waals surface area contributed by atoms with Crippen LogP contribution in [0.2, 0.25) is 0 Å². The van der Waals surface area contributed by atoms with Gasteiger partial charge in [0.15, 0.2) is 0 Å². The van der Waals surface area contributed by atoms with Gasteiger partial charge < -0.3 is 49.1 Å². The second kappa shape index (κ2) is 17.7. The van der Waals surface area contributed by atoms with Gasteiger partial charge in [-0.1, -0.05) is 0 Å². The maximum absolute atomic E-state index is 12.5. The maximum atomic E-state index is 12.5. The van der Waals surface area contributed by atoms with Crippen LogP contribution >= 0.6 is 0 Å². The van der Waals surface area contributed by atoms with Gasteiger partial charge >= 0.3 is 0 Å². The molecule has 12 N–H and O–H groups in total. The third-order valence-electron chi connectivity index (χ3n) is 5.78. The molecule has 0 heterocycles. The van der Waals surface area contributed by atoms with Crippen LogP contribution in [0, 0.1) is 0 Å².